The van der Waals surface area contributed by atoms with Gasteiger partial charge in [-0.3, -0.25) is 4.40 Å². The van der Waals surface area contributed by atoms with Crippen molar-refractivity contribution in [3.8, 4) is 11.3 Å². The number of methoxy groups -OCH3 is 1. The van der Waals surface area contributed by atoms with Crippen molar-refractivity contribution >= 4 is 11.5 Å². The monoisotopic (exact) mass is 267 g/mol. The van der Waals surface area contributed by atoms with Gasteiger partial charge >= 0.3 is 0 Å². The van der Waals surface area contributed by atoms with Crippen LogP contribution in [-0.4, -0.2) is 16.5 Å². The second-order valence-corrected chi connectivity index (χ2v) is 4.86. The fourth-order valence-electron chi connectivity index (χ4n) is 2.41. The van der Waals surface area contributed by atoms with E-state index in [1.165, 1.54) is 0 Å². The number of rotatable bonds is 3. The summed E-state index contributed by atoms with van der Waals surface area (Å²) in [6.45, 7) is 2.62. The number of imidazole rings is 1. The Hall–Kier alpha value is -2.33. The van der Waals surface area contributed by atoms with Gasteiger partial charge in [-0.2, -0.15) is 0 Å². The molecule has 20 heavy (non-hydrogen) atoms. The number of hydrogen-bond acceptors (Lipinski definition) is 3. The number of nitrogens with zero attached hydrogens (tertiary/aromatic N) is 2. The van der Waals surface area contributed by atoms with E-state index in [2.05, 4.69) is 11.1 Å². The summed E-state index contributed by atoms with van der Waals surface area (Å²) in [5, 5.41) is 0. The first-order chi connectivity index (χ1) is 9.70. The highest BCUT2D eigenvalue weighted by atomic mass is 16.5. The second kappa shape index (κ2) is 4.98. The summed E-state index contributed by atoms with van der Waals surface area (Å²) in [5.74, 6) is 0.665. The first kappa shape index (κ1) is 12.7. The van der Waals surface area contributed by atoms with Gasteiger partial charge in [-0.05, 0) is 30.2 Å². The Morgan fingerprint density at radius 1 is 1.25 bits per heavy atom. The number of hydrogen-bond donors (Lipinski definition) is 1. The van der Waals surface area contributed by atoms with Crippen molar-refractivity contribution in [1.29, 1.82) is 0 Å². The maximum Gasteiger partial charge on any atom is 0.142 e. The average molecular weight is 267 g/mol. The van der Waals surface area contributed by atoms with Crippen LogP contribution in [0.3, 0.4) is 0 Å². The Morgan fingerprint density at radius 2 is 2.10 bits per heavy atom. The van der Waals surface area contributed by atoms with E-state index >= 15 is 0 Å². The molecule has 102 valence electrons. The maximum atomic E-state index is 6.23. The topological polar surface area (TPSA) is 52.5 Å². The summed E-state index contributed by atoms with van der Waals surface area (Å²) in [6, 6.07) is 12.1. The summed E-state index contributed by atoms with van der Waals surface area (Å²) >= 11 is 0. The third-order valence-corrected chi connectivity index (χ3v) is 3.39. The highest BCUT2D eigenvalue weighted by Gasteiger charge is 2.12. The van der Waals surface area contributed by atoms with Crippen LogP contribution in [0, 0.1) is 6.92 Å². The van der Waals surface area contributed by atoms with Crippen molar-refractivity contribution in [2.24, 2.45) is 0 Å². The summed E-state index contributed by atoms with van der Waals surface area (Å²) in [5.41, 5.74) is 11.2. The van der Waals surface area contributed by atoms with E-state index < -0.39 is 0 Å². The summed E-state index contributed by atoms with van der Waals surface area (Å²) in [7, 11) is 1.69. The summed E-state index contributed by atoms with van der Waals surface area (Å²) in [4.78, 5) is 4.68. The molecule has 0 spiro atoms. The molecular formula is C16H17N3O. The second-order valence-electron chi connectivity index (χ2n) is 4.86. The molecule has 2 N–H and O–H groups in total. The van der Waals surface area contributed by atoms with Gasteiger partial charge in [-0.1, -0.05) is 24.3 Å². The predicted octanol–water partition coefficient (Wildman–Crippen LogP) is 3.04. The average Bonchev–Trinajstić information content (AvgIpc) is 2.79. The van der Waals surface area contributed by atoms with Gasteiger partial charge in [0.05, 0.1) is 6.61 Å². The minimum atomic E-state index is 0.583. The maximum absolute atomic E-state index is 6.23. The smallest absolute Gasteiger partial charge is 0.142 e. The Kier molecular flexibility index (Phi) is 3.16. The number of fused-ring (bicyclic) bond motifs is 1. The van der Waals surface area contributed by atoms with Gasteiger partial charge < -0.3 is 10.5 Å². The van der Waals surface area contributed by atoms with E-state index in [0.29, 0.717) is 12.4 Å². The zero-order valence-corrected chi connectivity index (χ0v) is 11.6. The third kappa shape index (κ3) is 2.04. The van der Waals surface area contributed by atoms with Crippen LogP contribution in [0.5, 0.6) is 0 Å². The van der Waals surface area contributed by atoms with Gasteiger partial charge in [0.2, 0.25) is 0 Å². The quantitative estimate of drug-likeness (QED) is 0.793. The Labute approximate surface area is 117 Å². The first-order valence-corrected chi connectivity index (χ1v) is 6.52. The van der Waals surface area contributed by atoms with Crippen LogP contribution in [0.4, 0.5) is 5.82 Å². The van der Waals surface area contributed by atoms with Gasteiger partial charge in [-0.25, -0.2) is 4.98 Å². The molecule has 3 aromatic rings. The minimum absolute atomic E-state index is 0.583. The van der Waals surface area contributed by atoms with Crippen LogP contribution >= 0.6 is 0 Å². The molecule has 0 aliphatic heterocycles. The van der Waals surface area contributed by atoms with Gasteiger partial charge in [0, 0.05) is 18.9 Å². The van der Waals surface area contributed by atoms with Crippen LogP contribution < -0.4 is 5.73 Å². The lowest BCUT2D eigenvalue weighted by Crippen LogP contribution is -1.95. The number of nitrogen functional groups attached to an aromatic ring is 1. The highest BCUT2D eigenvalue weighted by molar-refractivity contribution is 5.76. The van der Waals surface area contributed by atoms with Crippen molar-refractivity contribution in [2.75, 3.05) is 12.8 Å². The molecule has 0 aliphatic carbocycles. The van der Waals surface area contributed by atoms with Crippen LogP contribution in [-0.2, 0) is 11.3 Å². The normalized spacial score (nSPS) is 11.1. The van der Waals surface area contributed by atoms with Crippen molar-refractivity contribution in [3.63, 3.8) is 0 Å². The van der Waals surface area contributed by atoms with Crippen molar-refractivity contribution < 1.29 is 4.74 Å². The minimum Gasteiger partial charge on any atom is -0.383 e. The van der Waals surface area contributed by atoms with E-state index in [1.807, 2.05) is 47.9 Å². The molecule has 2 aromatic heterocycles. The molecule has 2 heterocycles. The molecule has 0 unspecified atom stereocenters. The van der Waals surface area contributed by atoms with E-state index in [0.717, 1.165) is 28.0 Å². The van der Waals surface area contributed by atoms with Crippen molar-refractivity contribution in [2.45, 2.75) is 13.5 Å². The van der Waals surface area contributed by atoms with Gasteiger partial charge in [0.15, 0.2) is 0 Å². The molecule has 0 fully saturated rings. The van der Waals surface area contributed by atoms with Gasteiger partial charge in [0.1, 0.15) is 17.2 Å². The molecule has 4 nitrogen and oxygen atoms in total. The first-order valence-electron chi connectivity index (χ1n) is 6.52. The van der Waals surface area contributed by atoms with Crippen LogP contribution in [0.2, 0.25) is 0 Å². The van der Waals surface area contributed by atoms with Crippen molar-refractivity contribution in [3.05, 3.63) is 53.7 Å². The lowest BCUT2D eigenvalue weighted by atomic mass is 10.1. The molecular weight excluding hydrogens is 250 g/mol. The number of benzene rings is 1. The van der Waals surface area contributed by atoms with E-state index in [-0.39, 0.29) is 0 Å². The highest BCUT2D eigenvalue weighted by Crippen LogP contribution is 2.28. The fourth-order valence-corrected chi connectivity index (χ4v) is 2.41. The molecule has 0 aliphatic rings. The Bertz CT molecular complexity index is 762. The number of anilines is 1. The van der Waals surface area contributed by atoms with E-state index in [1.54, 1.807) is 7.11 Å². The zero-order chi connectivity index (χ0) is 14.1. The molecule has 0 amide bonds. The largest absolute Gasteiger partial charge is 0.383 e. The van der Waals surface area contributed by atoms with Crippen LogP contribution in [0.25, 0.3) is 16.9 Å². The fraction of sp³-hybridized carbons (Fsp3) is 0.188. The number of nitrogens with two attached hydrogens (primary N) is 1. The molecule has 0 saturated carbocycles. The Balaban J connectivity index is 2.17. The Morgan fingerprint density at radius 3 is 2.85 bits per heavy atom. The number of aryl methyl sites for hydroxylation is 1. The molecule has 0 radical (unpaired) electrons. The molecule has 1 aromatic carbocycles. The van der Waals surface area contributed by atoms with Gasteiger partial charge in [-0.15, -0.1) is 0 Å². The number of ether oxygens (including phenoxy) is 1. The number of aromatic nitrogens is 2. The molecule has 0 bridgehead atoms. The zero-order valence-electron chi connectivity index (χ0n) is 11.6. The summed E-state index contributed by atoms with van der Waals surface area (Å²) in [6.07, 6.45) is 1.94. The molecule has 0 saturated heterocycles. The van der Waals surface area contributed by atoms with Crippen LogP contribution in [0.1, 0.15) is 11.1 Å². The molecule has 4 heteroatoms. The lowest BCUT2D eigenvalue weighted by molar-refractivity contribution is 0.185. The van der Waals surface area contributed by atoms with E-state index in [4.69, 9.17) is 10.5 Å². The lowest BCUT2D eigenvalue weighted by Gasteiger charge is -2.03. The van der Waals surface area contributed by atoms with E-state index in [9.17, 15) is 0 Å². The van der Waals surface area contributed by atoms with Crippen molar-refractivity contribution in [1.82, 2.24) is 9.38 Å². The molecule has 3 rings (SSSR count). The number of pyridine rings is 1. The van der Waals surface area contributed by atoms with Gasteiger partial charge in [0.25, 0.3) is 0 Å². The third-order valence-electron chi connectivity index (χ3n) is 3.39. The van der Waals surface area contributed by atoms with Crippen LogP contribution in [0.15, 0.2) is 42.6 Å². The SMILES string of the molecule is COCc1cccc(-c2nc3c(C)cccn3c2N)c1. The summed E-state index contributed by atoms with van der Waals surface area (Å²) < 4.78 is 7.09. The molecule has 0 atom stereocenters. The predicted molar refractivity (Wildman–Crippen MR) is 80.5 cm³/mol. The standard InChI is InChI=1S/C16H17N3O/c1-11-5-4-8-19-15(17)14(18-16(11)19)13-7-3-6-12(9-13)10-20-2/h3-9H,10,17H2,1-2H3.